The molecule has 0 N–H and O–H groups in total. The normalized spacial score (nSPS) is 32.4. The van der Waals surface area contributed by atoms with Crippen LogP contribution in [0.1, 0.15) is 45.1 Å². The van der Waals surface area contributed by atoms with Crippen LogP contribution in [0.3, 0.4) is 0 Å². The van der Waals surface area contributed by atoms with Crippen molar-refractivity contribution >= 4 is 0 Å². The molecule has 2 fully saturated rings. The van der Waals surface area contributed by atoms with Gasteiger partial charge in [0.15, 0.2) is 0 Å². The van der Waals surface area contributed by atoms with E-state index < -0.39 is 0 Å². The second kappa shape index (κ2) is 5.28. The molecule has 0 amide bonds. The van der Waals surface area contributed by atoms with Gasteiger partial charge in [-0.15, -0.1) is 0 Å². The van der Waals surface area contributed by atoms with Crippen molar-refractivity contribution in [1.29, 1.82) is 0 Å². The third kappa shape index (κ3) is 2.58. The number of likely N-dealkylation sites (tertiary alicyclic amines) is 1. The number of benzene rings is 1. The van der Waals surface area contributed by atoms with Crippen molar-refractivity contribution < 1.29 is 0 Å². The van der Waals surface area contributed by atoms with Gasteiger partial charge in [0.05, 0.1) is 0 Å². The molecule has 0 bridgehead atoms. The third-order valence-electron chi connectivity index (χ3n) is 5.54. The van der Waals surface area contributed by atoms with Crippen molar-refractivity contribution in [3.63, 3.8) is 0 Å². The lowest BCUT2D eigenvalue weighted by atomic mass is 9.65. The lowest BCUT2D eigenvalue weighted by Gasteiger charge is -2.47. The molecule has 1 aromatic carbocycles. The Morgan fingerprint density at radius 3 is 2.53 bits per heavy atom. The molecule has 2 atom stereocenters. The fourth-order valence-electron chi connectivity index (χ4n) is 4.02. The van der Waals surface area contributed by atoms with Crippen molar-refractivity contribution in [2.45, 2.75) is 44.9 Å². The number of nitrogens with zero attached hydrogens (tertiary/aromatic N) is 1. The van der Waals surface area contributed by atoms with Gasteiger partial charge in [-0.2, -0.15) is 0 Å². The quantitative estimate of drug-likeness (QED) is 0.785. The Hall–Kier alpha value is -0.820. The molecule has 0 unspecified atom stereocenters. The third-order valence-corrected chi connectivity index (χ3v) is 5.54. The summed E-state index contributed by atoms with van der Waals surface area (Å²) in [6.45, 7) is 8.79. The van der Waals surface area contributed by atoms with Gasteiger partial charge in [-0.25, -0.2) is 0 Å². The fraction of sp³-hybridized carbons (Fsp3) is 0.667. The van der Waals surface area contributed by atoms with Crippen LogP contribution in [0.2, 0.25) is 0 Å². The number of rotatable bonds is 4. The van der Waals surface area contributed by atoms with Gasteiger partial charge in [0.2, 0.25) is 0 Å². The Kier molecular flexibility index (Phi) is 3.66. The standard InChI is InChI=1S/C18H27N/c1-3-18(17-7-5-4-6-8-17)11-12-19(13-15(18)2)14-16-9-10-16/h4-8,15-16H,3,9-14H2,1-2H3/t15-,18+/m0/s1. The Balaban J connectivity index is 1.75. The molecule has 19 heavy (non-hydrogen) atoms. The van der Waals surface area contributed by atoms with Crippen LogP contribution in [0.15, 0.2) is 30.3 Å². The summed E-state index contributed by atoms with van der Waals surface area (Å²) in [5.74, 6) is 1.80. The molecule has 1 heterocycles. The van der Waals surface area contributed by atoms with E-state index in [0.717, 1.165) is 11.8 Å². The van der Waals surface area contributed by atoms with E-state index in [4.69, 9.17) is 0 Å². The minimum absolute atomic E-state index is 0.418. The van der Waals surface area contributed by atoms with Crippen LogP contribution < -0.4 is 0 Å². The molecule has 1 saturated heterocycles. The summed E-state index contributed by atoms with van der Waals surface area (Å²) in [5, 5.41) is 0. The Morgan fingerprint density at radius 2 is 1.95 bits per heavy atom. The van der Waals surface area contributed by atoms with E-state index in [1.54, 1.807) is 5.56 Å². The summed E-state index contributed by atoms with van der Waals surface area (Å²) >= 11 is 0. The second-order valence-electron chi connectivity index (χ2n) is 6.73. The lowest BCUT2D eigenvalue weighted by Crippen LogP contribution is -2.49. The van der Waals surface area contributed by atoms with Crippen LogP contribution in [0, 0.1) is 11.8 Å². The molecule has 104 valence electrons. The molecule has 3 rings (SSSR count). The zero-order valence-electron chi connectivity index (χ0n) is 12.4. The van der Waals surface area contributed by atoms with Crippen LogP contribution in [-0.4, -0.2) is 24.5 Å². The molecule has 0 spiro atoms. The first-order chi connectivity index (χ1) is 9.24. The smallest absolute Gasteiger partial charge is 0.00157 e. The van der Waals surface area contributed by atoms with Gasteiger partial charge in [-0.1, -0.05) is 44.2 Å². The molecule has 0 radical (unpaired) electrons. The maximum Gasteiger partial charge on any atom is 0.00157 e. The molecule has 0 aromatic heterocycles. The number of hydrogen-bond donors (Lipinski definition) is 0. The Bertz CT molecular complexity index is 409. The highest BCUT2D eigenvalue weighted by molar-refractivity contribution is 5.27. The Labute approximate surface area is 118 Å². The zero-order chi connectivity index (χ0) is 13.3. The number of hydrogen-bond acceptors (Lipinski definition) is 1. The molecule has 1 nitrogen and oxygen atoms in total. The minimum atomic E-state index is 0.418. The highest BCUT2D eigenvalue weighted by Gasteiger charge is 2.41. The Morgan fingerprint density at radius 1 is 1.21 bits per heavy atom. The van der Waals surface area contributed by atoms with Gasteiger partial charge in [-0.3, -0.25) is 0 Å². The van der Waals surface area contributed by atoms with Gasteiger partial charge in [-0.05, 0) is 49.6 Å². The maximum atomic E-state index is 2.72. The summed E-state index contributed by atoms with van der Waals surface area (Å²) in [7, 11) is 0. The first-order valence-corrected chi connectivity index (χ1v) is 8.02. The summed E-state index contributed by atoms with van der Waals surface area (Å²) < 4.78 is 0. The molecule has 1 aliphatic heterocycles. The maximum absolute atomic E-state index is 2.72. The SMILES string of the molecule is CC[C@@]1(c2ccccc2)CCN(CC2CC2)C[C@@H]1C. The van der Waals surface area contributed by atoms with Crippen LogP contribution >= 0.6 is 0 Å². The van der Waals surface area contributed by atoms with Gasteiger partial charge in [0.1, 0.15) is 0 Å². The molecule has 1 aromatic rings. The van der Waals surface area contributed by atoms with Crippen molar-refractivity contribution in [3.8, 4) is 0 Å². The second-order valence-corrected chi connectivity index (χ2v) is 6.73. The molecular weight excluding hydrogens is 230 g/mol. The van der Waals surface area contributed by atoms with Crippen LogP contribution in [-0.2, 0) is 5.41 Å². The van der Waals surface area contributed by atoms with Gasteiger partial charge < -0.3 is 4.90 Å². The molecule has 2 aliphatic rings. The molecule has 1 saturated carbocycles. The van der Waals surface area contributed by atoms with E-state index >= 15 is 0 Å². The van der Waals surface area contributed by atoms with Crippen molar-refractivity contribution in [2.75, 3.05) is 19.6 Å². The predicted molar refractivity (Wildman–Crippen MR) is 81.4 cm³/mol. The van der Waals surface area contributed by atoms with E-state index in [9.17, 15) is 0 Å². The largest absolute Gasteiger partial charge is 0.303 e. The van der Waals surface area contributed by atoms with Crippen molar-refractivity contribution in [2.24, 2.45) is 11.8 Å². The minimum Gasteiger partial charge on any atom is -0.303 e. The van der Waals surface area contributed by atoms with E-state index in [0.29, 0.717) is 5.41 Å². The molecular formula is C18H27N. The van der Waals surface area contributed by atoms with E-state index in [-0.39, 0.29) is 0 Å². The molecule has 1 aliphatic carbocycles. The van der Waals surface area contributed by atoms with Gasteiger partial charge >= 0.3 is 0 Å². The van der Waals surface area contributed by atoms with E-state index in [1.807, 2.05) is 0 Å². The van der Waals surface area contributed by atoms with Crippen LogP contribution in [0.4, 0.5) is 0 Å². The average molecular weight is 257 g/mol. The summed E-state index contributed by atoms with van der Waals surface area (Å²) in [6, 6.07) is 11.2. The highest BCUT2D eigenvalue weighted by atomic mass is 15.1. The fourth-order valence-corrected chi connectivity index (χ4v) is 4.02. The number of piperidine rings is 1. The highest BCUT2D eigenvalue weighted by Crippen LogP contribution is 2.43. The van der Waals surface area contributed by atoms with Gasteiger partial charge in [0, 0.05) is 18.5 Å². The zero-order valence-corrected chi connectivity index (χ0v) is 12.4. The van der Waals surface area contributed by atoms with Crippen LogP contribution in [0.5, 0.6) is 0 Å². The first-order valence-electron chi connectivity index (χ1n) is 8.02. The first kappa shape index (κ1) is 13.2. The van der Waals surface area contributed by atoms with Gasteiger partial charge in [0.25, 0.3) is 0 Å². The van der Waals surface area contributed by atoms with Crippen molar-refractivity contribution in [3.05, 3.63) is 35.9 Å². The van der Waals surface area contributed by atoms with E-state index in [1.165, 1.54) is 45.3 Å². The topological polar surface area (TPSA) is 3.24 Å². The predicted octanol–water partition coefficient (Wildman–Crippen LogP) is 4.09. The lowest BCUT2D eigenvalue weighted by molar-refractivity contribution is 0.0933. The summed E-state index contributed by atoms with van der Waals surface area (Å²) in [6.07, 6.45) is 5.56. The summed E-state index contributed by atoms with van der Waals surface area (Å²) in [5.41, 5.74) is 1.98. The van der Waals surface area contributed by atoms with Crippen molar-refractivity contribution in [1.82, 2.24) is 4.90 Å². The monoisotopic (exact) mass is 257 g/mol. The van der Waals surface area contributed by atoms with E-state index in [2.05, 4.69) is 49.1 Å². The average Bonchev–Trinajstić information content (AvgIpc) is 3.25. The molecule has 1 heteroatoms. The summed E-state index contributed by atoms with van der Waals surface area (Å²) in [4.78, 5) is 2.72. The van der Waals surface area contributed by atoms with Crippen LogP contribution in [0.25, 0.3) is 0 Å².